The molecule has 0 saturated carbocycles. The minimum Gasteiger partial charge on any atom is -0.321 e. The third-order valence-electron chi connectivity index (χ3n) is 5.78. The van der Waals surface area contributed by atoms with E-state index in [4.69, 9.17) is 0 Å². The molecule has 1 fully saturated rings. The summed E-state index contributed by atoms with van der Waals surface area (Å²) in [6, 6.07) is 10.4. The number of aromatic nitrogens is 2. The van der Waals surface area contributed by atoms with Crippen molar-refractivity contribution >= 4 is 22.9 Å². The van der Waals surface area contributed by atoms with Crippen molar-refractivity contribution in [1.29, 1.82) is 0 Å². The number of likely N-dealkylation sites (tertiary alicyclic amines) is 1. The summed E-state index contributed by atoms with van der Waals surface area (Å²) in [5.74, 6) is -0.122. The Morgan fingerprint density at radius 2 is 1.93 bits per heavy atom. The van der Waals surface area contributed by atoms with E-state index in [1.807, 2.05) is 23.9 Å². The topological polar surface area (TPSA) is 50.2 Å². The lowest BCUT2D eigenvalue weighted by Crippen LogP contribution is -2.18. The molecule has 1 saturated heterocycles. The quantitative estimate of drug-likeness (QED) is 0.727. The number of anilines is 1. The number of nitrogens with one attached hydrogen (secondary N) is 1. The Hall–Kier alpha value is -2.44. The zero-order valence-corrected chi connectivity index (χ0v) is 16.9. The molecule has 144 valence electrons. The van der Waals surface area contributed by atoms with Crippen molar-refractivity contribution in [2.45, 2.75) is 32.2 Å². The second kappa shape index (κ2) is 7.18. The lowest BCUT2D eigenvalue weighted by atomic mass is 9.94. The van der Waals surface area contributed by atoms with Crippen molar-refractivity contribution in [3.63, 3.8) is 0 Å². The SMILES string of the molecule is Cn1nc(C(=O)Nc2ccc(CN3CCCC3)cc2)c2c1-c1ccsc1CC2. The van der Waals surface area contributed by atoms with E-state index in [2.05, 4.69) is 38.9 Å². The minimum atomic E-state index is -0.122. The Morgan fingerprint density at radius 3 is 2.71 bits per heavy atom. The Bertz CT molecular complexity index is 1010. The third-order valence-corrected chi connectivity index (χ3v) is 6.76. The molecule has 5 rings (SSSR count). The van der Waals surface area contributed by atoms with Gasteiger partial charge in [-0.25, -0.2) is 0 Å². The molecule has 1 amide bonds. The summed E-state index contributed by atoms with van der Waals surface area (Å²) in [7, 11) is 1.93. The summed E-state index contributed by atoms with van der Waals surface area (Å²) in [5, 5.41) is 9.71. The van der Waals surface area contributed by atoms with Crippen LogP contribution in [0, 0.1) is 0 Å². The van der Waals surface area contributed by atoms with Crippen molar-refractivity contribution in [3.05, 3.63) is 57.4 Å². The van der Waals surface area contributed by atoms with Crippen LogP contribution in [0.3, 0.4) is 0 Å². The van der Waals surface area contributed by atoms with Gasteiger partial charge in [0.15, 0.2) is 5.69 Å². The van der Waals surface area contributed by atoms with Crippen LogP contribution in [-0.2, 0) is 26.4 Å². The molecule has 0 bridgehead atoms. The van der Waals surface area contributed by atoms with Gasteiger partial charge in [0, 0.05) is 35.3 Å². The van der Waals surface area contributed by atoms with Gasteiger partial charge in [0.25, 0.3) is 5.91 Å². The summed E-state index contributed by atoms with van der Waals surface area (Å²) < 4.78 is 1.86. The molecule has 2 aliphatic rings. The molecule has 1 aliphatic carbocycles. The predicted molar refractivity (Wildman–Crippen MR) is 113 cm³/mol. The zero-order chi connectivity index (χ0) is 19.1. The van der Waals surface area contributed by atoms with E-state index in [1.54, 1.807) is 11.3 Å². The number of amides is 1. The van der Waals surface area contributed by atoms with E-state index in [1.165, 1.54) is 41.9 Å². The van der Waals surface area contributed by atoms with Gasteiger partial charge in [0.05, 0.1) is 5.69 Å². The van der Waals surface area contributed by atoms with Crippen LogP contribution in [0.5, 0.6) is 0 Å². The van der Waals surface area contributed by atoms with Gasteiger partial charge in [0.1, 0.15) is 0 Å². The summed E-state index contributed by atoms with van der Waals surface area (Å²) >= 11 is 1.79. The van der Waals surface area contributed by atoms with Gasteiger partial charge in [-0.3, -0.25) is 14.4 Å². The first-order valence-electron chi connectivity index (χ1n) is 9.94. The van der Waals surface area contributed by atoms with Gasteiger partial charge >= 0.3 is 0 Å². The maximum atomic E-state index is 12.9. The average Bonchev–Trinajstić information content (AvgIpc) is 3.43. The highest BCUT2D eigenvalue weighted by atomic mass is 32.1. The molecule has 0 unspecified atom stereocenters. The maximum absolute atomic E-state index is 12.9. The summed E-state index contributed by atoms with van der Waals surface area (Å²) in [4.78, 5) is 16.8. The van der Waals surface area contributed by atoms with Crippen LogP contribution in [0.4, 0.5) is 5.69 Å². The average molecular weight is 393 g/mol. The normalized spacial score (nSPS) is 16.0. The number of hydrogen-bond donors (Lipinski definition) is 1. The second-order valence-corrected chi connectivity index (χ2v) is 8.69. The van der Waals surface area contributed by atoms with Crippen LogP contribution in [0.25, 0.3) is 11.3 Å². The fourth-order valence-electron chi connectivity index (χ4n) is 4.39. The molecular formula is C22H24N4OS. The molecule has 0 spiro atoms. The Kier molecular flexibility index (Phi) is 4.53. The second-order valence-electron chi connectivity index (χ2n) is 7.69. The Morgan fingerprint density at radius 1 is 1.14 bits per heavy atom. The van der Waals surface area contributed by atoms with Crippen LogP contribution >= 0.6 is 11.3 Å². The molecule has 3 heterocycles. The highest BCUT2D eigenvalue weighted by molar-refractivity contribution is 7.10. The van der Waals surface area contributed by atoms with Crippen molar-refractivity contribution in [1.82, 2.24) is 14.7 Å². The molecule has 1 aromatic carbocycles. The number of aryl methyl sites for hydroxylation is 2. The number of rotatable bonds is 4. The largest absolute Gasteiger partial charge is 0.321 e. The van der Waals surface area contributed by atoms with Gasteiger partial charge < -0.3 is 5.32 Å². The van der Waals surface area contributed by atoms with Crippen molar-refractivity contribution in [2.75, 3.05) is 18.4 Å². The van der Waals surface area contributed by atoms with E-state index in [0.29, 0.717) is 5.69 Å². The number of nitrogens with zero attached hydrogens (tertiary/aromatic N) is 3. The van der Waals surface area contributed by atoms with Crippen molar-refractivity contribution < 1.29 is 4.79 Å². The first-order valence-corrected chi connectivity index (χ1v) is 10.8. The van der Waals surface area contributed by atoms with Gasteiger partial charge in [-0.15, -0.1) is 11.3 Å². The standard InChI is InChI=1S/C22H24N4OS/c1-25-21-17-10-13-28-19(17)9-8-18(21)20(24-25)22(27)23-16-6-4-15(5-7-16)14-26-11-2-3-12-26/h4-7,10,13H,2-3,8-9,11-12,14H2,1H3,(H,23,27). The molecule has 5 nitrogen and oxygen atoms in total. The summed E-state index contributed by atoms with van der Waals surface area (Å²) in [6.07, 6.45) is 4.45. The highest BCUT2D eigenvalue weighted by Gasteiger charge is 2.27. The van der Waals surface area contributed by atoms with Gasteiger partial charge in [-0.1, -0.05) is 12.1 Å². The lowest BCUT2D eigenvalue weighted by Gasteiger charge is -2.15. The number of thiophene rings is 1. The molecule has 2 aromatic heterocycles. The number of carbonyl (C=O) groups excluding carboxylic acids is 1. The number of fused-ring (bicyclic) bond motifs is 3. The van der Waals surface area contributed by atoms with E-state index in [-0.39, 0.29) is 5.91 Å². The molecule has 0 radical (unpaired) electrons. The molecule has 0 atom stereocenters. The third kappa shape index (κ3) is 3.16. The van der Waals surface area contributed by atoms with E-state index < -0.39 is 0 Å². The van der Waals surface area contributed by atoms with E-state index in [9.17, 15) is 4.79 Å². The van der Waals surface area contributed by atoms with Crippen LogP contribution < -0.4 is 5.32 Å². The maximum Gasteiger partial charge on any atom is 0.276 e. The molecule has 1 N–H and O–H groups in total. The molecule has 6 heteroatoms. The highest BCUT2D eigenvalue weighted by Crippen LogP contribution is 2.37. The molecule has 1 aliphatic heterocycles. The number of hydrogen-bond acceptors (Lipinski definition) is 4. The molecule has 28 heavy (non-hydrogen) atoms. The first kappa shape index (κ1) is 17.6. The molecule has 3 aromatic rings. The van der Waals surface area contributed by atoms with Crippen LogP contribution in [0.1, 0.15) is 39.3 Å². The lowest BCUT2D eigenvalue weighted by molar-refractivity contribution is 0.102. The van der Waals surface area contributed by atoms with E-state index in [0.717, 1.165) is 36.3 Å². The molecular weight excluding hydrogens is 368 g/mol. The van der Waals surface area contributed by atoms with Crippen LogP contribution in [0.2, 0.25) is 0 Å². The van der Waals surface area contributed by atoms with Crippen LogP contribution in [-0.4, -0.2) is 33.7 Å². The van der Waals surface area contributed by atoms with Gasteiger partial charge in [-0.2, -0.15) is 5.10 Å². The van der Waals surface area contributed by atoms with Crippen molar-refractivity contribution in [2.24, 2.45) is 7.05 Å². The minimum absolute atomic E-state index is 0.122. The van der Waals surface area contributed by atoms with Crippen molar-refractivity contribution in [3.8, 4) is 11.3 Å². The fraction of sp³-hybridized carbons (Fsp3) is 0.364. The van der Waals surface area contributed by atoms with Gasteiger partial charge in [-0.05, 0) is 67.9 Å². The first-order chi connectivity index (χ1) is 13.7. The fourth-order valence-corrected chi connectivity index (χ4v) is 5.27. The summed E-state index contributed by atoms with van der Waals surface area (Å²) in [5.41, 5.74) is 6.05. The number of carbonyl (C=O) groups is 1. The van der Waals surface area contributed by atoms with Gasteiger partial charge in [0.2, 0.25) is 0 Å². The van der Waals surface area contributed by atoms with E-state index >= 15 is 0 Å². The van der Waals surface area contributed by atoms with Crippen LogP contribution in [0.15, 0.2) is 35.7 Å². The predicted octanol–water partition coefficient (Wildman–Crippen LogP) is 4.10. The Labute approximate surface area is 169 Å². The summed E-state index contributed by atoms with van der Waals surface area (Å²) in [6.45, 7) is 3.37. The zero-order valence-electron chi connectivity index (χ0n) is 16.1. The monoisotopic (exact) mass is 392 g/mol. The smallest absolute Gasteiger partial charge is 0.276 e. The Balaban J connectivity index is 1.33. The number of benzene rings is 1.